The Kier molecular flexibility index (Phi) is 2.31. The molecular weight excluding hydrogens is 210 g/mol. The van der Waals surface area contributed by atoms with E-state index in [4.69, 9.17) is 10.4 Å². The lowest BCUT2D eigenvalue weighted by atomic mass is 10.3. The molecule has 0 spiro atoms. The molecule has 0 amide bonds. The average molecular weight is 215 g/mol. The average Bonchev–Trinajstić information content (AvgIpc) is 2.77. The van der Waals surface area contributed by atoms with Crippen molar-refractivity contribution < 1.29 is 9.90 Å². The monoisotopic (exact) mass is 215 g/mol. The Bertz CT molecular complexity index is 584. The van der Waals surface area contributed by atoms with E-state index in [1.807, 2.05) is 0 Å². The van der Waals surface area contributed by atoms with Crippen molar-refractivity contribution in [2.75, 3.05) is 0 Å². The lowest BCUT2D eigenvalue weighted by Gasteiger charge is -2.02. The van der Waals surface area contributed by atoms with E-state index in [0.717, 1.165) is 0 Å². The molecule has 1 N–H and O–H groups in total. The van der Waals surface area contributed by atoms with E-state index < -0.39 is 5.97 Å². The van der Waals surface area contributed by atoms with Crippen LogP contribution in [0.3, 0.4) is 0 Å². The van der Waals surface area contributed by atoms with Crippen molar-refractivity contribution in [1.82, 2.24) is 19.7 Å². The number of hydrogen-bond acceptors (Lipinski definition) is 5. The molecule has 0 saturated carbocycles. The topological polar surface area (TPSA) is 105 Å². The van der Waals surface area contributed by atoms with Gasteiger partial charge >= 0.3 is 5.97 Å². The smallest absolute Gasteiger partial charge is 0.356 e. The quantitative estimate of drug-likeness (QED) is 0.768. The summed E-state index contributed by atoms with van der Waals surface area (Å²) in [7, 11) is 0. The molecule has 2 aromatic rings. The molecule has 0 radical (unpaired) electrons. The van der Waals surface area contributed by atoms with Crippen LogP contribution in [0.1, 0.15) is 16.3 Å². The zero-order valence-corrected chi connectivity index (χ0v) is 7.90. The second-order valence-electron chi connectivity index (χ2n) is 2.80. The maximum absolute atomic E-state index is 10.9. The minimum Gasteiger partial charge on any atom is -0.476 e. The highest BCUT2D eigenvalue weighted by Crippen LogP contribution is 2.10. The van der Waals surface area contributed by atoms with E-state index in [1.165, 1.54) is 23.3 Å². The Morgan fingerprint density at radius 1 is 1.50 bits per heavy atom. The van der Waals surface area contributed by atoms with Gasteiger partial charge in [-0.15, -0.1) is 5.10 Å². The Morgan fingerprint density at radius 2 is 2.31 bits per heavy atom. The van der Waals surface area contributed by atoms with Gasteiger partial charge in [0.2, 0.25) is 0 Å². The summed E-state index contributed by atoms with van der Waals surface area (Å²) in [6.45, 7) is 0. The van der Waals surface area contributed by atoms with Crippen LogP contribution in [0.4, 0.5) is 0 Å². The zero-order chi connectivity index (χ0) is 11.5. The van der Waals surface area contributed by atoms with E-state index in [9.17, 15) is 4.79 Å². The molecule has 78 valence electrons. The first-order valence-electron chi connectivity index (χ1n) is 4.23. The number of nitriles is 1. The number of aromatic nitrogens is 4. The van der Waals surface area contributed by atoms with Gasteiger partial charge in [0.25, 0.3) is 5.82 Å². The molecule has 7 heteroatoms. The van der Waals surface area contributed by atoms with Gasteiger partial charge in [0.1, 0.15) is 12.4 Å². The van der Waals surface area contributed by atoms with Crippen LogP contribution >= 0.6 is 0 Å². The van der Waals surface area contributed by atoms with Gasteiger partial charge in [0.15, 0.2) is 5.69 Å². The van der Waals surface area contributed by atoms with Crippen LogP contribution in [0.2, 0.25) is 0 Å². The van der Waals surface area contributed by atoms with Crippen LogP contribution in [0.25, 0.3) is 5.69 Å². The number of nitrogens with zero attached hydrogens (tertiary/aromatic N) is 5. The summed E-state index contributed by atoms with van der Waals surface area (Å²) in [4.78, 5) is 18.3. The minimum atomic E-state index is -1.16. The summed E-state index contributed by atoms with van der Waals surface area (Å²) >= 11 is 0. The van der Waals surface area contributed by atoms with Crippen molar-refractivity contribution in [2.24, 2.45) is 0 Å². The second kappa shape index (κ2) is 3.78. The molecule has 7 nitrogen and oxygen atoms in total. The molecule has 0 atom stereocenters. The minimum absolute atomic E-state index is 0.0276. The summed E-state index contributed by atoms with van der Waals surface area (Å²) in [5.74, 6) is -1.19. The number of aromatic carboxylic acids is 1. The van der Waals surface area contributed by atoms with Crippen LogP contribution in [0.5, 0.6) is 0 Å². The van der Waals surface area contributed by atoms with Crippen molar-refractivity contribution in [3.8, 4) is 11.8 Å². The molecule has 2 rings (SSSR count). The lowest BCUT2D eigenvalue weighted by molar-refractivity contribution is 0.0690. The summed E-state index contributed by atoms with van der Waals surface area (Å²) < 4.78 is 1.20. The largest absolute Gasteiger partial charge is 0.476 e. The van der Waals surface area contributed by atoms with Gasteiger partial charge in [-0.05, 0) is 12.1 Å². The maximum Gasteiger partial charge on any atom is 0.356 e. The molecule has 0 fully saturated rings. The summed E-state index contributed by atoms with van der Waals surface area (Å²) in [6.07, 6.45) is 2.64. The molecule has 2 heterocycles. The molecule has 0 aliphatic rings. The Hall–Kier alpha value is -2.75. The van der Waals surface area contributed by atoms with Gasteiger partial charge in [-0.3, -0.25) is 0 Å². The predicted molar refractivity (Wildman–Crippen MR) is 50.8 cm³/mol. The predicted octanol–water partition coefficient (Wildman–Crippen LogP) is 0.232. The van der Waals surface area contributed by atoms with E-state index >= 15 is 0 Å². The molecule has 0 aliphatic carbocycles. The van der Waals surface area contributed by atoms with E-state index in [0.29, 0.717) is 0 Å². The van der Waals surface area contributed by atoms with Crippen molar-refractivity contribution in [3.05, 3.63) is 36.2 Å². The molecule has 0 bridgehead atoms. The van der Waals surface area contributed by atoms with Gasteiger partial charge in [-0.25, -0.2) is 19.4 Å². The summed E-state index contributed by atoms with van der Waals surface area (Å²) in [5, 5.41) is 21.2. The summed E-state index contributed by atoms with van der Waals surface area (Å²) in [5.41, 5.74) is 0.126. The molecule has 0 aliphatic heterocycles. The zero-order valence-electron chi connectivity index (χ0n) is 7.90. The van der Waals surface area contributed by atoms with E-state index in [1.54, 1.807) is 12.1 Å². The van der Waals surface area contributed by atoms with Crippen LogP contribution in [-0.2, 0) is 0 Å². The molecular formula is C9H5N5O2. The number of carbonyl (C=O) groups is 1. The molecule has 0 unspecified atom stereocenters. The maximum atomic E-state index is 10.9. The second-order valence-corrected chi connectivity index (χ2v) is 2.80. The Balaban J connectivity index is 2.56. The number of pyridine rings is 1. The van der Waals surface area contributed by atoms with Crippen LogP contribution in [0.15, 0.2) is 24.7 Å². The van der Waals surface area contributed by atoms with Crippen LogP contribution in [0, 0.1) is 11.3 Å². The van der Waals surface area contributed by atoms with Crippen molar-refractivity contribution in [3.63, 3.8) is 0 Å². The van der Waals surface area contributed by atoms with Crippen molar-refractivity contribution in [2.45, 2.75) is 0 Å². The first-order chi connectivity index (χ1) is 7.72. The first-order valence-corrected chi connectivity index (χ1v) is 4.23. The highest BCUT2D eigenvalue weighted by atomic mass is 16.4. The van der Waals surface area contributed by atoms with Crippen LogP contribution < -0.4 is 0 Å². The highest BCUT2D eigenvalue weighted by Gasteiger charge is 2.13. The molecule has 2 aromatic heterocycles. The third-order valence-corrected chi connectivity index (χ3v) is 1.83. The fraction of sp³-hybridized carbons (Fsp3) is 0. The number of carboxylic acids is 1. The number of rotatable bonds is 2. The van der Waals surface area contributed by atoms with Gasteiger partial charge in [-0.1, -0.05) is 0 Å². The number of hydrogen-bond donors (Lipinski definition) is 1. The third-order valence-electron chi connectivity index (χ3n) is 1.83. The Labute approximate surface area is 89.6 Å². The van der Waals surface area contributed by atoms with Crippen LogP contribution in [-0.4, -0.2) is 30.8 Å². The summed E-state index contributed by atoms with van der Waals surface area (Å²) in [6, 6.07) is 4.87. The molecule has 0 saturated heterocycles. The van der Waals surface area contributed by atoms with E-state index in [-0.39, 0.29) is 17.2 Å². The third kappa shape index (κ3) is 1.59. The lowest BCUT2D eigenvalue weighted by Crippen LogP contribution is -2.08. The standard InChI is InChI=1S/C9H5N5O2/c10-4-7-12-5-14(13-7)6-2-1-3-11-8(6)9(15)16/h1-3,5H,(H,15,16). The van der Waals surface area contributed by atoms with Gasteiger partial charge in [-0.2, -0.15) is 5.26 Å². The van der Waals surface area contributed by atoms with Crippen molar-refractivity contribution >= 4 is 5.97 Å². The fourth-order valence-electron chi connectivity index (χ4n) is 1.18. The SMILES string of the molecule is N#Cc1ncn(-c2cccnc2C(=O)O)n1. The van der Waals surface area contributed by atoms with Crippen molar-refractivity contribution in [1.29, 1.82) is 5.26 Å². The highest BCUT2D eigenvalue weighted by molar-refractivity contribution is 5.89. The molecule has 0 aromatic carbocycles. The van der Waals surface area contributed by atoms with Gasteiger partial charge in [0, 0.05) is 6.20 Å². The fourth-order valence-corrected chi connectivity index (χ4v) is 1.18. The van der Waals surface area contributed by atoms with Gasteiger partial charge in [0.05, 0.1) is 5.69 Å². The first kappa shape index (κ1) is 9.79. The van der Waals surface area contributed by atoms with E-state index in [2.05, 4.69) is 15.1 Å². The van der Waals surface area contributed by atoms with Gasteiger partial charge < -0.3 is 5.11 Å². The number of carboxylic acid groups (broad SMARTS) is 1. The Morgan fingerprint density at radius 3 is 2.94 bits per heavy atom. The normalized spacial score (nSPS) is 9.69. The molecule has 16 heavy (non-hydrogen) atoms.